The Kier molecular flexibility index (Phi) is 7.66. The molecule has 2 N–H and O–H groups in total. The summed E-state index contributed by atoms with van der Waals surface area (Å²) >= 11 is 0. The first-order chi connectivity index (χ1) is 17.4. The van der Waals surface area contributed by atoms with Crippen molar-refractivity contribution in [3.05, 3.63) is 120 Å². The quantitative estimate of drug-likeness (QED) is 0.291. The number of ether oxygens (including phenoxy) is 2. The minimum absolute atomic E-state index is 0.157. The molecule has 36 heavy (non-hydrogen) atoms. The average molecular weight is 481 g/mol. The van der Waals surface area contributed by atoms with Gasteiger partial charge >= 0.3 is 6.09 Å². The van der Waals surface area contributed by atoms with Crippen LogP contribution in [0.3, 0.4) is 0 Å². The van der Waals surface area contributed by atoms with Crippen molar-refractivity contribution in [2.45, 2.75) is 25.9 Å². The Balaban J connectivity index is 1.32. The molecular formula is C30H28N2O4. The molecule has 6 heteroatoms. The maximum atomic E-state index is 13.1. The van der Waals surface area contributed by atoms with Gasteiger partial charge in [0.15, 0.2) is 0 Å². The third-order valence-corrected chi connectivity index (χ3v) is 5.73. The molecule has 0 radical (unpaired) electrons. The Morgan fingerprint density at radius 3 is 1.86 bits per heavy atom. The number of carbonyl (C=O) groups excluding carboxylic acids is 2. The van der Waals surface area contributed by atoms with Gasteiger partial charge in [-0.05, 0) is 73.5 Å². The van der Waals surface area contributed by atoms with Gasteiger partial charge in [-0.15, -0.1) is 0 Å². The molecule has 4 aromatic carbocycles. The lowest BCUT2D eigenvalue weighted by molar-refractivity contribution is -0.120. The fraction of sp³-hybridized carbons (Fsp3) is 0.133. The fourth-order valence-electron chi connectivity index (χ4n) is 3.51. The monoisotopic (exact) mass is 480 g/mol. The number of hydrogen-bond donors (Lipinski definition) is 2. The number of hydrogen-bond acceptors (Lipinski definition) is 4. The van der Waals surface area contributed by atoms with Crippen LogP contribution in [0.25, 0.3) is 0 Å². The first kappa shape index (κ1) is 24.5. The minimum atomic E-state index is -0.812. The van der Waals surface area contributed by atoms with Gasteiger partial charge in [-0.2, -0.15) is 0 Å². The van der Waals surface area contributed by atoms with Crippen molar-refractivity contribution in [2.75, 3.05) is 10.6 Å². The van der Waals surface area contributed by atoms with Crippen molar-refractivity contribution < 1.29 is 19.1 Å². The van der Waals surface area contributed by atoms with Crippen LogP contribution in [-0.4, -0.2) is 12.0 Å². The number of amides is 2. The van der Waals surface area contributed by atoms with Crippen molar-refractivity contribution in [1.82, 2.24) is 0 Å². The van der Waals surface area contributed by atoms with Gasteiger partial charge in [-0.1, -0.05) is 60.7 Å². The zero-order valence-electron chi connectivity index (χ0n) is 20.2. The van der Waals surface area contributed by atoms with Crippen LogP contribution >= 0.6 is 0 Å². The lowest BCUT2D eigenvalue weighted by Gasteiger charge is -2.24. The highest BCUT2D eigenvalue weighted by atomic mass is 16.6. The van der Waals surface area contributed by atoms with E-state index in [1.54, 1.807) is 36.4 Å². The van der Waals surface area contributed by atoms with Gasteiger partial charge in [0.2, 0.25) is 5.91 Å². The number of benzene rings is 4. The molecule has 0 atom stereocenters. The van der Waals surface area contributed by atoms with Crippen LogP contribution in [0.5, 0.6) is 11.5 Å². The summed E-state index contributed by atoms with van der Waals surface area (Å²) in [6.45, 7) is 4.17. The Morgan fingerprint density at radius 1 is 0.667 bits per heavy atom. The summed E-state index contributed by atoms with van der Waals surface area (Å²) < 4.78 is 11.1. The first-order valence-electron chi connectivity index (χ1n) is 11.6. The van der Waals surface area contributed by atoms with E-state index in [0.717, 1.165) is 16.9 Å². The number of anilines is 2. The molecule has 2 amide bonds. The average Bonchev–Trinajstić information content (AvgIpc) is 2.89. The van der Waals surface area contributed by atoms with Gasteiger partial charge in [0.25, 0.3) is 0 Å². The molecule has 0 fully saturated rings. The van der Waals surface area contributed by atoms with Crippen LogP contribution in [0.4, 0.5) is 16.2 Å². The van der Waals surface area contributed by atoms with Crippen LogP contribution in [0.2, 0.25) is 0 Å². The minimum Gasteiger partial charge on any atom is -0.489 e. The molecular weight excluding hydrogens is 452 g/mol. The third kappa shape index (κ3) is 6.51. The molecule has 0 aliphatic rings. The Bertz CT molecular complexity index is 1290. The number of rotatable bonds is 8. The second-order valence-electron chi connectivity index (χ2n) is 8.78. The highest BCUT2D eigenvalue weighted by molar-refractivity contribution is 5.98. The largest absolute Gasteiger partial charge is 0.489 e. The van der Waals surface area contributed by atoms with E-state index in [1.807, 2.05) is 86.6 Å². The van der Waals surface area contributed by atoms with Gasteiger partial charge in [0.1, 0.15) is 18.1 Å². The smallest absolute Gasteiger partial charge is 0.417 e. The van der Waals surface area contributed by atoms with Crippen molar-refractivity contribution >= 4 is 23.4 Å². The van der Waals surface area contributed by atoms with Crippen LogP contribution in [0.1, 0.15) is 25.0 Å². The van der Waals surface area contributed by atoms with Crippen molar-refractivity contribution in [3.63, 3.8) is 0 Å². The molecule has 0 aliphatic carbocycles. The van der Waals surface area contributed by atoms with Crippen LogP contribution < -0.4 is 20.1 Å². The maximum absolute atomic E-state index is 13.1. The Labute approximate surface area is 210 Å². The van der Waals surface area contributed by atoms with Crippen molar-refractivity contribution in [1.29, 1.82) is 0 Å². The normalized spacial score (nSPS) is 10.8. The molecule has 4 aromatic rings. The molecule has 0 unspecified atom stereocenters. The lowest BCUT2D eigenvalue weighted by atomic mass is 9.83. The maximum Gasteiger partial charge on any atom is 0.417 e. The standard InChI is InChI=1S/C30H28N2O4/c1-30(2,23-13-17-27(18-14-23)36-29(34)32-24-11-7-4-8-12-24)28(33)31-25-15-19-26(20-16-25)35-21-22-9-5-3-6-10-22/h3-20H,21H2,1-2H3,(H,31,33)(H,32,34). The van der Waals surface area contributed by atoms with Crippen LogP contribution in [-0.2, 0) is 16.8 Å². The zero-order valence-corrected chi connectivity index (χ0v) is 20.2. The van der Waals surface area contributed by atoms with Crippen LogP contribution in [0.15, 0.2) is 109 Å². The molecule has 6 nitrogen and oxygen atoms in total. The van der Waals surface area contributed by atoms with Gasteiger partial charge in [-0.3, -0.25) is 10.1 Å². The predicted octanol–water partition coefficient (Wildman–Crippen LogP) is 6.79. The van der Waals surface area contributed by atoms with Gasteiger partial charge in [0.05, 0.1) is 5.41 Å². The van der Waals surface area contributed by atoms with Gasteiger partial charge in [-0.25, -0.2) is 4.79 Å². The molecule has 0 bridgehead atoms. The molecule has 0 saturated heterocycles. The highest BCUT2D eigenvalue weighted by Crippen LogP contribution is 2.28. The van der Waals surface area contributed by atoms with Gasteiger partial charge < -0.3 is 14.8 Å². The summed E-state index contributed by atoms with van der Waals surface area (Å²) in [7, 11) is 0. The second kappa shape index (κ2) is 11.2. The molecule has 182 valence electrons. The van der Waals surface area contributed by atoms with Crippen molar-refractivity contribution in [2.24, 2.45) is 0 Å². The third-order valence-electron chi connectivity index (χ3n) is 5.73. The van der Waals surface area contributed by atoms with E-state index in [1.165, 1.54) is 0 Å². The van der Waals surface area contributed by atoms with Gasteiger partial charge in [0, 0.05) is 11.4 Å². The summed E-state index contributed by atoms with van der Waals surface area (Å²) in [6, 6.07) is 33.2. The Morgan fingerprint density at radius 2 is 1.22 bits per heavy atom. The summed E-state index contributed by atoms with van der Waals surface area (Å²) in [5.41, 5.74) is 2.39. The SMILES string of the molecule is CC(C)(C(=O)Nc1ccc(OCc2ccccc2)cc1)c1ccc(OC(=O)Nc2ccccc2)cc1. The predicted molar refractivity (Wildman–Crippen MR) is 141 cm³/mol. The molecule has 4 rings (SSSR count). The molecule has 0 aliphatic heterocycles. The summed E-state index contributed by atoms with van der Waals surface area (Å²) in [5, 5.41) is 5.63. The van der Waals surface area contributed by atoms with E-state index in [4.69, 9.17) is 9.47 Å². The lowest BCUT2D eigenvalue weighted by Crippen LogP contribution is -2.34. The number of carbonyl (C=O) groups is 2. The van der Waals surface area contributed by atoms with Crippen LogP contribution in [0, 0.1) is 0 Å². The topological polar surface area (TPSA) is 76.7 Å². The van der Waals surface area contributed by atoms with E-state index in [0.29, 0.717) is 23.7 Å². The van der Waals surface area contributed by atoms with E-state index < -0.39 is 11.5 Å². The van der Waals surface area contributed by atoms with E-state index in [2.05, 4.69) is 10.6 Å². The first-order valence-corrected chi connectivity index (χ1v) is 11.6. The fourth-order valence-corrected chi connectivity index (χ4v) is 3.51. The van der Waals surface area contributed by atoms with Crippen molar-refractivity contribution in [3.8, 4) is 11.5 Å². The highest BCUT2D eigenvalue weighted by Gasteiger charge is 2.30. The molecule has 0 aromatic heterocycles. The second-order valence-corrected chi connectivity index (χ2v) is 8.78. The number of nitrogens with one attached hydrogen (secondary N) is 2. The Hall–Kier alpha value is -4.58. The van der Waals surface area contributed by atoms with E-state index >= 15 is 0 Å². The van der Waals surface area contributed by atoms with E-state index in [-0.39, 0.29) is 5.91 Å². The number of para-hydroxylation sites is 1. The molecule has 0 spiro atoms. The molecule has 0 heterocycles. The zero-order chi connectivity index (χ0) is 25.4. The summed E-state index contributed by atoms with van der Waals surface area (Å²) in [4.78, 5) is 25.2. The summed E-state index contributed by atoms with van der Waals surface area (Å²) in [6.07, 6.45) is -0.581. The molecule has 0 saturated carbocycles. The van der Waals surface area contributed by atoms with E-state index in [9.17, 15) is 9.59 Å². The summed E-state index contributed by atoms with van der Waals surface area (Å²) in [5.74, 6) is 0.952.